The fraction of sp³-hybridized carbons (Fsp3) is 0.0909. The van der Waals surface area contributed by atoms with Crippen LogP contribution in [0.5, 0.6) is 5.75 Å². The minimum Gasteiger partial charge on any atom is -0.507 e. The molecule has 1 aliphatic heterocycles. The van der Waals surface area contributed by atoms with Crippen LogP contribution in [0.15, 0.2) is 64.8 Å². The molecule has 1 N–H and O–H groups in total. The number of Topliss-reactive ketones (excluding diaryl/α,β-unsaturated/α-hetero) is 1. The van der Waals surface area contributed by atoms with E-state index in [4.69, 9.17) is 20.8 Å². The van der Waals surface area contributed by atoms with E-state index < -0.39 is 40.8 Å². The van der Waals surface area contributed by atoms with Crippen molar-refractivity contribution in [1.82, 2.24) is 0 Å². The second-order valence-electron chi connectivity index (χ2n) is 6.63. The van der Waals surface area contributed by atoms with Crippen LogP contribution in [0.1, 0.15) is 17.4 Å². The van der Waals surface area contributed by atoms with Crippen molar-refractivity contribution in [2.45, 2.75) is 6.04 Å². The highest BCUT2D eigenvalue weighted by molar-refractivity contribution is 6.51. The van der Waals surface area contributed by atoms with Gasteiger partial charge in [0.15, 0.2) is 0 Å². The van der Waals surface area contributed by atoms with Gasteiger partial charge in [-0.25, -0.2) is 8.78 Å². The third-order valence-electron chi connectivity index (χ3n) is 4.85. The molecular formula is C22H14ClF2NO5. The molecule has 31 heavy (non-hydrogen) atoms. The van der Waals surface area contributed by atoms with E-state index in [0.717, 1.165) is 23.1 Å². The van der Waals surface area contributed by atoms with Crippen molar-refractivity contribution in [1.29, 1.82) is 0 Å². The number of hydrogen-bond donors (Lipinski definition) is 1. The third-order valence-corrected chi connectivity index (χ3v) is 5.16. The Labute approximate surface area is 179 Å². The van der Waals surface area contributed by atoms with Crippen LogP contribution in [0.25, 0.3) is 5.76 Å². The summed E-state index contributed by atoms with van der Waals surface area (Å²) in [6.45, 7) is 0. The lowest BCUT2D eigenvalue weighted by molar-refractivity contribution is -0.132. The number of carbonyl (C=O) groups excluding carboxylic acids is 2. The van der Waals surface area contributed by atoms with Gasteiger partial charge in [0.25, 0.3) is 11.7 Å². The molecule has 2 aromatic carbocycles. The van der Waals surface area contributed by atoms with Gasteiger partial charge in [-0.3, -0.25) is 14.5 Å². The number of carbonyl (C=O) groups is 2. The smallest absolute Gasteiger partial charge is 0.300 e. The number of halogens is 3. The number of furan rings is 1. The summed E-state index contributed by atoms with van der Waals surface area (Å²) in [7, 11) is 1.37. The summed E-state index contributed by atoms with van der Waals surface area (Å²) < 4.78 is 38.8. The summed E-state index contributed by atoms with van der Waals surface area (Å²) in [5.41, 5.74) is -0.681. The Morgan fingerprint density at radius 1 is 1.16 bits per heavy atom. The first-order valence-electron chi connectivity index (χ1n) is 8.97. The van der Waals surface area contributed by atoms with Crippen molar-refractivity contribution in [3.05, 3.63) is 88.3 Å². The maximum absolute atomic E-state index is 14.5. The lowest BCUT2D eigenvalue weighted by Crippen LogP contribution is -2.30. The summed E-state index contributed by atoms with van der Waals surface area (Å²) >= 11 is 6.01. The van der Waals surface area contributed by atoms with Gasteiger partial charge in [0.2, 0.25) is 0 Å². The first-order valence-corrected chi connectivity index (χ1v) is 9.34. The molecule has 0 spiro atoms. The van der Waals surface area contributed by atoms with E-state index in [1.54, 1.807) is 0 Å². The molecule has 9 heteroatoms. The molecule has 1 amide bonds. The van der Waals surface area contributed by atoms with E-state index in [-0.39, 0.29) is 27.7 Å². The lowest BCUT2D eigenvalue weighted by Gasteiger charge is -2.23. The Morgan fingerprint density at radius 3 is 2.61 bits per heavy atom. The Bertz CT molecular complexity index is 1220. The number of amides is 1. The standard InChI is InChI=1S/C22H14ClF2NO5/c1-30-17-9-11(4-6-13(17)23)20(27)18-19(16-3-2-8-31-16)26(22(29)21(18)28)15-10-12(24)5-7-14(15)25/h2-10,19,27H,1H3/b20-18-. The number of aliphatic hydroxyl groups is 1. The van der Waals surface area contributed by atoms with E-state index in [9.17, 15) is 23.5 Å². The SMILES string of the molecule is COc1cc(/C(O)=C2/C(=O)C(=O)N(c3cc(F)ccc3F)C2c2ccco2)ccc1Cl. The van der Waals surface area contributed by atoms with Gasteiger partial charge in [0.05, 0.1) is 29.7 Å². The number of benzene rings is 2. The Hall–Kier alpha value is -3.65. The van der Waals surface area contributed by atoms with Crippen molar-refractivity contribution in [3.8, 4) is 5.75 Å². The fourth-order valence-corrected chi connectivity index (χ4v) is 3.62. The molecule has 3 aromatic rings. The predicted molar refractivity (Wildman–Crippen MR) is 108 cm³/mol. The van der Waals surface area contributed by atoms with Crippen LogP contribution in [0, 0.1) is 11.6 Å². The number of aliphatic hydroxyl groups excluding tert-OH is 1. The molecule has 0 saturated carbocycles. The average Bonchev–Trinajstić information content (AvgIpc) is 3.37. The van der Waals surface area contributed by atoms with E-state index in [1.807, 2.05) is 0 Å². The molecule has 1 fully saturated rings. The number of hydrogen-bond acceptors (Lipinski definition) is 5. The van der Waals surface area contributed by atoms with Gasteiger partial charge in [-0.05, 0) is 42.5 Å². The fourth-order valence-electron chi connectivity index (χ4n) is 3.43. The molecule has 4 rings (SSSR count). The van der Waals surface area contributed by atoms with Crippen molar-refractivity contribution in [2.24, 2.45) is 0 Å². The average molecular weight is 446 g/mol. The number of ether oxygens (including phenoxy) is 1. The second-order valence-corrected chi connectivity index (χ2v) is 7.04. The molecule has 6 nitrogen and oxygen atoms in total. The van der Waals surface area contributed by atoms with Crippen LogP contribution in [0.3, 0.4) is 0 Å². The van der Waals surface area contributed by atoms with E-state index in [0.29, 0.717) is 0 Å². The highest BCUT2D eigenvalue weighted by Gasteiger charge is 2.49. The Balaban J connectivity index is 1.95. The van der Waals surface area contributed by atoms with Gasteiger partial charge in [-0.15, -0.1) is 0 Å². The lowest BCUT2D eigenvalue weighted by atomic mass is 9.99. The molecule has 1 aliphatic rings. The summed E-state index contributed by atoms with van der Waals surface area (Å²) in [6.07, 6.45) is 1.29. The molecule has 2 heterocycles. The molecular weight excluding hydrogens is 432 g/mol. The number of rotatable bonds is 4. The maximum atomic E-state index is 14.5. The molecule has 0 aliphatic carbocycles. The Kier molecular flexibility index (Phi) is 5.24. The topological polar surface area (TPSA) is 80.0 Å². The molecule has 0 bridgehead atoms. The van der Waals surface area contributed by atoms with Crippen LogP contribution in [0.2, 0.25) is 5.02 Å². The highest BCUT2D eigenvalue weighted by Crippen LogP contribution is 2.43. The largest absolute Gasteiger partial charge is 0.507 e. The zero-order valence-corrected chi connectivity index (χ0v) is 16.7. The van der Waals surface area contributed by atoms with Gasteiger partial charge >= 0.3 is 0 Å². The van der Waals surface area contributed by atoms with Crippen LogP contribution in [0.4, 0.5) is 14.5 Å². The maximum Gasteiger partial charge on any atom is 0.300 e. The quantitative estimate of drug-likeness (QED) is 0.353. The zero-order chi connectivity index (χ0) is 22.3. The first kappa shape index (κ1) is 20.6. The second kappa shape index (κ2) is 7.88. The van der Waals surface area contributed by atoms with Crippen LogP contribution in [-0.4, -0.2) is 23.9 Å². The van der Waals surface area contributed by atoms with E-state index in [1.165, 1.54) is 43.7 Å². The normalized spacial score (nSPS) is 17.9. The number of anilines is 1. The Morgan fingerprint density at radius 2 is 1.94 bits per heavy atom. The monoisotopic (exact) mass is 445 g/mol. The summed E-state index contributed by atoms with van der Waals surface area (Å²) in [5.74, 6) is -4.21. The van der Waals surface area contributed by atoms with E-state index in [2.05, 4.69) is 0 Å². The van der Waals surface area contributed by atoms with Crippen molar-refractivity contribution in [3.63, 3.8) is 0 Å². The summed E-state index contributed by atoms with van der Waals surface area (Å²) in [5, 5.41) is 11.2. The number of nitrogens with zero attached hydrogens (tertiary/aromatic N) is 1. The van der Waals surface area contributed by atoms with E-state index >= 15 is 0 Å². The minimum atomic E-state index is -1.33. The number of methoxy groups -OCH3 is 1. The first-order chi connectivity index (χ1) is 14.8. The predicted octanol–water partition coefficient (Wildman–Crippen LogP) is 4.85. The van der Waals surface area contributed by atoms with Gasteiger partial charge in [-0.1, -0.05) is 11.6 Å². The molecule has 1 unspecified atom stereocenters. The van der Waals surface area contributed by atoms with Crippen LogP contribution >= 0.6 is 11.6 Å². The molecule has 0 radical (unpaired) electrons. The number of ketones is 1. The minimum absolute atomic E-state index is 0.0744. The molecule has 1 saturated heterocycles. The van der Waals surface area contributed by atoms with Gasteiger partial charge in [0.1, 0.15) is 34.9 Å². The highest BCUT2D eigenvalue weighted by atomic mass is 35.5. The van der Waals surface area contributed by atoms with Gasteiger partial charge in [-0.2, -0.15) is 0 Å². The summed E-state index contributed by atoms with van der Waals surface area (Å²) in [4.78, 5) is 26.5. The van der Waals surface area contributed by atoms with Crippen molar-refractivity contribution in [2.75, 3.05) is 12.0 Å². The molecule has 1 atom stereocenters. The van der Waals surface area contributed by atoms with Crippen LogP contribution < -0.4 is 9.64 Å². The van der Waals surface area contributed by atoms with Gasteiger partial charge in [0, 0.05) is 11.6 Å². The van der Waals surface area contributed by atoms with Crippen LogP contribution in [-0.2, 0) is 9.59 Å². The van der Waals surface area contributed by atoms with Gasteiger partial charge < -0.3 is 14.3 Å². The van der Waals surface area contributed by atoms with Crippen molar-refractivity contribution < 1.29 is 32.6 Å². The molecule has 1 aromatic heterocycles. The third kappa shape index (κ3) is 3.44. The van der Waals surface area contributed by atoms with Crippen molar-refractivity contribution >= 4 is 34.7 Å². The molecule has 158 valence electrons. The zero-order valence-electron chi connectivity index (χ0n) is 15.9. The summed E-state index contributed by atoms with van der Waals surface area (Å²) in [6, 6.07) is 8.40.